The summed E-state index contributed by atoms with van der Waals surface area (Å²) >= 11 is 1.13. The standard InChI is InChI=1S/C31H28O7S/c1-4-29(32)37-16-6-15-36-23-10-14-26-25-13-7-21(17-27(25)20(3)28(26)18-23)31(34)39-24-11-8-22(9-12-24)38-19-30(33)35-5-2/h4-5,7-14,17-18,20H,1-2,6,15-16,19H2,3H3/t20-/m0/s1. The number of rotatable bonds is 12. The summed E-state index contributed by atoms with van der Waals surface area (Å²) in [5, 5.41) is -0.0645. The van der Waals surface area contributed by atoms with Gasteiger partial charge >= 0.3 is 11.9 Å². The van der Waals surface area contributed by atoms with Crippen molar-refractivity contribution < 1.29 is 33.3 Å². The summed E-state index contributed by atoms with van der Waals surface area (Å²) in [5.74, 6) is 0.368. The maximum atomic E-state index is 13.1. The van der Waals surface area contributed by atoms with Crippen molar-refractivity contribution in [3.8, 4) is 22.6 Å². The second kappa shape index (κ2) is 13.0. The van der Waals surface area contributed by atoms with Gasteiger partial charge in [0.1, 0.15) is 11.5 Å². The third-order valence-electron chi connectivity index (χ3n) is 6.11. The number of carbonyl (C=O) groups excluding carboxylic acids is 3. The number of thioether (sulfide) groups is 1. The summed E-state index contributed by atoms with van der Waals surface area (Å²) < 4.78 is 20.8. The van der Waals surface area contributed by atoms with E-state index >= 15 is 0 Å². The van der Waals surface area contributed by atoms with Crippen LogP contribution in [0.1, 0.15) is 40.7 Å². The summed E-state index contributed by atoms with van der Waals surface area (Å²) in [7, 11) is 0. The van der Waals surface area contributed by atoms with Gasteiger partial charge in [0, 0.05) is 28.9 Å². The van der Waals surface area contributed by atoms with Gasteiger partial charge in [-0.15, -0.1) is 0 Å². The number of ether oxygens (including phenoxy) is 4. The van der Waals surface area contributed by atoms with E-state index in [1.54, 1.807) is 24.3 Å². The zero-order valence-corrected chi connectivity index (χ0v) is 22.3. The van der Waals surface area contributed by atoms with Crippen molar-refractivity contribution in [2.24, 2.45) is 0 Å². The minimum atomic E-state index is -0.542. The lowest BCUT2D eigenvalue weighted by Gasteiger charge is -2.11. The van der Waals surface area contributed by atoms with Crippen molar-refractivity contribution in [1.82, 2.24) is 0 Å². The first-order valence-electron chi connectivity index (χ1n) is 12.3. The van der Waals surface area contributed by atoms with Gasteiger partial charge < -0.3 is 18.9 Å². The highest BCUT2D eigenvalue weighted by molar-refractivity contribution is 8.14. The molecule has 200 valence electrons. The number of hydrogen-bond acceptors (Lipinski definition) is 8. The van der Waals surface area contributed by atoms with E-state index in [0.29, 0.717) is 24.3 Å². The van der Waals surface area contributed by atoms with Gasteiger partial charge in [-0.1, -0.05) is 32.2 Å². The van der Waals surface area contributed by atoms with E-state index in [1.807, 2.05) is 36.4 Å². The van der Waals surface area contributed by atoms with Crippen LogP contribution in [0.25, 0.3) is 11.1 Å². The monoisotopic (exact) mass is 544 g/mol. The topological polar surface area (TPSA) is 88.1 Å². The van der Waals surface area contributed by atoms with E-state index in [-0.39, 0.29) is 24.2 Å². The second-order valence-electron chi connectivity index (χ2n) is 8.65. The van der Waals surface area contributed by atoms with Crippen LogP contribution in [0.4, 0.5) is 0 Å². The van der Waals surface area contributed by atoms with Crippen LogP contribution in [-0.4, -0.2) is 36.9 Å². The van der Waals surface area contributed by atoms with Crippen LogP contribution >= 0.6 is 11.8 Å². The third-order valence-corrected chi connectivity index (χ3v) is 7.04. The average Bonchev–Trinajstić information content (AvgIpc) is 3.23. The Morgan fingerprint density at radius 3 is 2.28 bits per heavy atom. The highest BCUT2D eigenvalue weighted by atomic mass is 32.2. The van der Waals surface area contributed by atoms with Gasteiger partial charge in [-0.3, -0.25) is 4.79 Å². The first kappa shape index (κ1) is 27.7. The molecule has 1 atom stereocenters. The quantitative estimate of drug-likeness (QED) is 0.0861. The molecule has 0 fully saturated rings. The van der Waals surface area contributed by atoms with Crippen molar-refractivity contribution >= 4 is 28.8 Å². The summed E-state index contributed by atoms with van der Waals surface area (Å²) in [6.07, 6.45) is 2.77. The predicted molar refractivity (Wildman–Crippen MR) is 149 cm³/mol. The van der Waals surface area contributed by atoms with Gasteiger partial charge in [0.25, 0.3) is 0 Å². The molecule has 0 amide bonds. The molecule has 3 aromatic carbocycles. The Kier molecular flexibility index (Phi) is 9.22. The number of benzene rings is 3. The number of fused-ring (bicyclic) bond motifs is 3. The fraction of sp³-hybridized carbons (Fsp3) is 0.194. The molecule has 3 aromatic rings. The van der Waals surface area contributed by atoms with E-state index in [1.165, 1.54) is 0 Å². The lowest BCUT2D eigenvalue weighted by molar-refractivity contribution is -0.140. The molecule has 8 heteroatoms. The average molecular weight is 545 g/mol. The Morgan fingerprint density at radius 2 is 1.56 bits per heavy atom. The Hall–Kier alpha value is -4.30. The molecule has 0 saturated carbocycles. The maximum absolute atomic E-state index is 13.1. The Labute approximate surface area is 231 Å². The van der Waals surface area contributed by atoms with Crippen LogP contribution in [0.2, 0.25) is 0 Å². The molecule has 0 saturated heterocycles. The Balaban J connectivity index is 1.36. The molecule has 0 unspecified atom stereocenters. The number of carbonyl (C=O) groups is 3. The molecular formula is C31H28O7S. The lowest BCUT2D eigenvalue weighted by atomic mass is 9.98. The van der Waals surface area contributed by atoms with Crippen molar-refractivity contribution in [3.63, 3.8) is 0 Å². The van der Waals surface area contributed by atoms with Crippen molar-refractivity contribution in [1.29, 1.82) is 0 Å². The van der Waals surface area contributed by atoms with Crippen LogP contribution in [-0.2, 0) is 19.1 Å². The lowest BCUT2D eigenvalue weighted by Crippen LogP contribution is -2.11. The SMILES string of the molecule is C=COC(=O)COc1ccc(SC(=O)c2ccc3c(c2)[C@H](C)c2cc(OCCCOC(=O)C=C)ccc2-3)cc1. The van der Waals surface area contributed by atoms with Gasteiger partial charge in [0.05, 0.1) is 19.5 Å². The molecule has 0 aliphatic heterocycles. The molecule has 39 heavy (non-hydrogen) atoms. The van der Waals surface area contributed by atoms with Crippen LogP contribution in [0.5, 0.6) is 11.5 Å². The fourth-order valence-corrected chi connectivity index (χ4v) is 4.95. The van der Waals surface area contributed by atoms with Crippen molar-refractivity contribution in [3.05, 3.63) is 103 Å². The number of esters is 2. The minimum absolute atomic E-state index is 0.0645. The molecule has 0 heterocycles. The smallest absolute Gasteiger partial charge is 0.348 e. The van der Waals surface area contributed by atoms with Crippen LogP contribution in [0.15, 0.2) is 91.1 Å². The van der Waals surface area contributed by atoms with Gasteiger partial charge in [-0.2, -0.15) is 0 Å². The van der Waals surface area contributed by atoms with Gasteiger partial charge in [0.15, 0.2) is 6.61 Å². The second-order valence-corrected chi connectivity index (χ2v) is 9.70. The largest absolute Gasteiger partial charge is 0.493 e. The first-order chi connectivity index (χ1) is 18.9. The molecule has 0 bridgehead atoms. The summed E-state index contributed by atoms with van der Waals surface area (Å²) in [4.78, 5) is 36.3. The first-order valence-corrected chi connectivity index (χ1v) is 13.2. The third kappa shape index (κ3) is 6.97. The Morgan fingerprint density at radius 1 is 0.872 bits per heavy atom. The summed E-state index contributed by atoms with van der Waals surface area (Å²) in [5.41, 5.74) is 5.10. The number of hydrogen-bond donors (Lipinski definition) is 0. The van der Waals surface area contributed by atoms with E-state index < -0.39 is 11.9 Å². The molecule has 4 rings (SSSR count). The highest BCUT2D eigenvalue weighted by Gasteiger charge is 2.27. The van der Waals surface area contributed by atoms with E-state index in [9.17, 15) is 14.4 Å². The summed E-state index contributed by atoms with van der Waals surface area (Å²) in [6, 6.07) is 18.8. The van der Waals surface area contributed by atoms with Gasteiger partial charge in [0.2, 0.25) is 5.12 Å². The van der Waals surface area contributed by atoms with E-state index in [4.69, 9.17) is 14.2 Å². The molecule has 0 radical (unpaired) electrons. The van der Waals surface area contributed by atoms with E-state index in [2.05, 4.69) is 24.8 Å². The summed E-state index contributed by atoms with van der Waals surface area (Å²) in [6.45, 7) is 9.29. The predicted octanol–water partition coefficient (Wildman–Crippen LogP) is 6.31. The maximum Gasteiger partial charge on any atom is 0.348 e. The molecule has 0 N–H and O–H groups in total. The molecule has 7 nitrogen and oxygen atoms in total. The minimum Gasteiger partial charge on any atom is -0.493 e. The zero-order chi connectivity index (χ0) is 27.8. The van der Waals surface area contributed by atoms with Crippen LogP contribution in [0.3, 0.4) is 0 Å². The molecular weight excluding hydrogens is 516 g/mol. The normalized spacial score (nSPS) is 13.0. The van der Waals surface area contributed by atoms with E-state index in [0.717, 1.165) is 57.0 Å². The highest BCUT2D eigenvalue weighted by Crippen LogP contribution is 2.46. The van der Waals surface area contributed by atoms with Gasteiger partial charge in [-0.05, 0) is 82.5 Å². The van der Waals surface area contributed by atoms with Crippen LogP contribution < -0.4 is 9.47 Å². The fourth-order valence-electron chi connectivity index (χ4n) is 4.21. The van der Waals surface area contributed by atoms with Crippen LogP contribution in [0, 0.1) is 0 Å². The van der Waals surface area contributed by atoms with Gasteiger partial charge in [-0.25, -0.2) is 9.59 Å². The zero-order valence-electron chi connectivity index (χ0n) is 21.5. The molecule has 0 aromatic heterocycles. The molecule has 1 aliphatic rings. The van der Waals surface area contributed by atoms with Crippen molar-refractivity contribution in [2.45, 2.75) is 24.2 Å². The van der Waals surface area contributed by atoms with Crippen molar-refractivity contribution in [2.75, 3.05) is 19.8 Å². The molecule has 0 spiro atoms. The molecule has 1 aliphatic carbocycles. The Bertz CT molecular complexity index is 1390.